The lowest BCUT2D eigenvalue weighted by Gasteiger charge is -2.36. The van der Waals surface area contributed by atoms with Crippen molar-refractivity contribution in [3.8, 4) is 0 Å². The fourth-order valence-electron chi connectivity index (χ4n) is 2.31. The van der Waals surface area contributed by atoms with E-state index in [0.717, 1.165) is 5.56 Å². The number of benzene rings is 1. The average Bonchev–Trinajstić information content (AvgIpc) is 2.60. The van der Waals surface area contributed by atoms with E-state index in [4.69, 9.17) is 13.9 Å². The number of carbonyl (C=O) groups excluding carboxylic acids is 2. The van der Waals surface area contributed by atoms with E-state index in [9.17, 15) is 9.59 Å². The van der Waals surface area contributed by atoms with E-state index in [1.54, 1.807) is 0 Å². The van der Waals surface area contributed by atoms with Gasteiger partial charge in [0.2, 0.25) is 0 Å². The minimum atomic E-state index is -1.93. The summed E-state index contributed by atoms with van der Waals surface area (Å²) in [5, 5.41) is 2.81. The number of ether oxygens (including phenoxy) is 2. The van der Waals surface area contributed by atoms with Crippen molar-refractivity contribution >= 4 is 20.2 Å². The Hall–Kier alpha value is -1.70. The van der Waals surface area contributed by atoms with Crippen LogP contribution in [-0.4, -0.2) is 47.1 Å². The molecule has 1 aromatic rings. The molecular formula is C20H33NO5Si. The highest BCUT2D eigenvalue weighted by molar-refractivity contribution is 6.74. The normalized spacial score (nSPS) is 14.3. The van der Waals surface area contributed by atoms with Crippen molar-refractivity contribution in [2.24, 2.45) is 0 Å². The Kier molecular flexibility index (Phi) is 8.65. The zero-order valence-corrected chi connectivity index (χ0v) is 18.5. The first-order valence-corrected chi connectivity index (χ1v) is 12.0. The van der Waals surface area contributed by atoms with Crippen molar-refractivity contribution in [2.45, 2.75) is 57.5 Å². The number of methoxy groups -OCH3 is 2. The molecule has 27 heavy (non-hydrogen) atoms. The van der Waals surface area contributed by atoms with Gasteiger partial charge in [0.15, 0.2) is 14.4 Å². The summed E-state index contributed by atoms with van der Waals surface area (Å²) in [6.45, 7) is 11.1. The van der Waals surface area contributed by atoms with Gasteiger partial charge >= 0.3 is 5.97 Å². The van der Waals surface area contributed by atoms with Crippen molar-refractivity contribution in [1.82, 2.24) is 5.32 Å². The molecule has 0 saturated heterocycles. The first kappa shape index (κ1) is 23.3. The highest BCUT2D eigenvalue weighted by Gasteiger charge is 2.37. The molecule has 0 fully saturated rings. The predicted molar refractivity (Wildman–Crippen MR) is 108 cm³/mol. The summed E-state index contributed by atoms with van der Waals surface area (Å²) in [6, 6.07) is 8.36. The third-order valence-electron chi connectivity index (χ3n) is 5.05. The number of hydrogen-bond donors (Lipinski definition) is 1. The minimum absolute atomic E-state index is 0.0749. The second kappa shape index (κ2) is 10.0. The topological polar surface area (TPSA) is 73.9 Å². The molecule has 2 atom stereocenters. The lowest BCUT2D eigenvalue weighted by Crippen LogP contribution is -2.46. The Morgan fingerprint density at radius 3 is 2.19 bits per heavy atom. The Bertz CT molecular complexity index is 613. The van der Waals surface area contributed by atoms with Crippen molar-refractivity contribution in [3.05, 3.63) is 35.9 Å². The molecule has 0 unspecified atom stereocenters. The van der Waals surface area contributed by atoms with Crippen LogP contribution in [0.1, 0.15) is 38.9 Å². The molecule has 1 rings (SSSR count). The SMILES string of the molecule is COC(=O)[C@H](CCO[Si](C)(C)C(C)(C)C)NC(=O)[C@@H](OC)c1ccccc1. The molecule has 0 heterocycles. The summed E-state index contributed by atoms with van der Waals surface area (Å²) in [5.74, 6) is -0.878. The van der Waals surface area contributed by atoms with Crippen LogP contribution in [0.15, 0.2) is 30.3 Å². The van der Waals surface area contributed by atoms with Crippen LogP contribution >= 0.6 is 0 Å². The number of rotatable bonds is 9. The zero-order valence-electron chi connectivity index (χ0n) is 17.5. The molecule has 152 valence electrons. The largest absolute Gasteiger partial charge is 0.467 e. The van der Waals surface area contributed by atoms with Crippen molar-refractivity contribution < 1.29 is 23.5 Å². The average molecular weight is 396 g/mol. The third kappa shape index (κ3) is 6.75. The van der Waals surface area contributed by atoms with Gasteiger partial charge in [-0.05, 0) is 23.7 Å². The molecule has 1 aromatic carbocycles. The fourth-order valence-corrected chi connectivity index (χ4v) is 3.37. The van der Waals surface area contributed by atoms with Crippen LogP contribution in [0.25, 0.3) is 0 Å². The monoisotopic (exact) mass is 395 g/mol. The maximum atomic E-state index is 12.6. The van der Waals surface area contributed by atoms with E-state index < -0.39 is 26.4 Å². The quantitative estimate of drug-likeness (QED) is 0.512. The second-order valence-electron chi connectivity index (χ2n) is 8.01. The van der Waals surface area contributed by atoms with Crippen molar-refractivity contribution in [1.29, 1.82) is 0 Å². The van der Waals surface area contributed by atoms with Crippen LogP contribution in [0.3, 0.4) is 0 Å². The molecule has 7 heteroatoms. The van der Waals surface area contributed by atoms with Gasteiger partial charge in [-0.15, -0.1) is 0 Å². The van der Waals surface area contributed by atoms with Crippen molar-refractivity contribution in [3.63, 3.8) is 0 Å². The lowest BCUT2D eigenvalue weighted by atomic mass is 10.1. The molecule has 6 nitrogen and oxygen atoms in total. The lowest BCUT2D eigenvalue weighted by molar-refractivity contribution is -0.147. The van der Waals surface area contributed by atoms with Gasteiger partial charge in [0, 0.05) is 20.1 Å². The molecule has 0 spiro atoms. The minimum Gasteiger partial charge on any atom is -0.467 e. The Morgan fingerprint density at radius 2 is 1.70 bits per heavy atom. The summed E-state index contributed by atoms with van der Waals surface area (Å²) >= 11 is 0. The Balaban J connectivity index is 2.77. The zero-order chi connectivity index (χ0) is 20.7. The second-order valence-corrected chi connectivity index (χ2v) is 12.8. The van der Waals surface area contributed by atoms with Gasteiger partial charge in [-0.25, -0.2) is 4.79 Å². The van der Waals surface area contributed by atoms with Crippen LogP contribution in [0.2, 0.25) is 18.1 Å². The van der Waals surface area contributed by atoms with Crippen molar-refractivity contribution in [2.75, 3.05) is 20.8 Å². The first-order valence-electron chi connectivity index (χ1n) is 9.13. The third-order valence-corrected chi connectivity index (χ3v) is 9.59. The number of amides is 1. The molecule has 0 aliphatic carbocycles. The summed E-state index contributed by atoms with van der Waals surface area (Å²) < 4.78 is 16.3. The van der Waals surface area contributed by atoms with Gasteiger partial charge in [0.25, 0.3) is 5.91 Å². The van der Waals surface area contributed by atoms with Gasteiger partial charge < -0.3 is 19.2 Å². The molecule has 0 aromatic heterocycles. The number of hydrogen-bond acceptors (Lipinski definition) is 5. The van der Waals surface area contributed by atoms with Gasteiger partial charge in [0.1, 0.15) is 6.04 Å². The molecule has 0 bridgehead atoms. The van der Waals surface area contributed by atoms with E-state index in [0.29, 0.717) is 13.0 Å². The molecule has 0 aliphatic heterocycles. The van der Waals surface area contributed by atoms with E-state index in [1.807, 2.05) is 30.3 Å². The molecule has 1 amide bonds. The van der Waals surface area contributed by atoms with E-state index in [-0.39, 0.29) is 10.9 Å². The molecule has 0 radical (unpaired) electrons. The Morgan fingerprint density at radius 1 is 1.11 bits per heavy atom. The summed E-state index contributed by atoms with van der Waals surface area (Å²) in [7, 11) is 0.842. The van der Waals surface area contributed by atoms with Crippen LogP contribution < -0.4 is 5.32 Å². The summed E-state index contributed by atoms with van der Waals surface area (Å²) in [5.41, 5.74) is 0.721. The van der Waals surface area contributed by atoms with E-state index in [2.05, 4.69) is 39.2 Å². The van der Waals surface area contributed by atoms with Gasteiger partial charge in [-0.1, -0.05) is 51.1 Å². The van der Waals surface area contributed by atoms with Crippen LogP contribution in [0.5, 0.6) is 0 Å². The molecule has 1 N–H and O–H groups in total. The van der Waals surface area contributed by atoms with E-state index in [1.165, 1.54) is 14.2 Å². The van der Waals surface area contributed by atoms with Crippen LogP contribution in [0.4, 0.5) is 0 Å². The maximum absolute atomic E-state index is 12.6. The number of carbonyl (C=O) groups is 2. The fraction of sp³-hybridized carbons (Fsp3) is 0.600. The highest BCUT2D eigenvalue weighted by atomic mass is 28.4. The summed E-state index contributed by atoms with van der Waals surface area (Å²) in [4.78, 5) is 24.8. The van der Waals surface area contributed by atoms with Gasteiger partial charge in [-0.3, -0.25) is 4.79 Å². The molecule has 0 aliphatic rings. The van der Waals surface area contributed by atoms with E-state index >= 15 is 0 Å². The molecular weight excluding hydrogens is 362 g/mol. The van der Waals surface area contributed by atoms with Gasteiger partial charge in [0.05, 0.1) is 7.11 Å². The predicted octanol–water partition coefficient (Wildman–Crippen LogP) is 3.44. The highest BCUT2D eigenvalue weighted by Crippen LogP contribution is 2.36. The Labute approximate surface area is 163 Å². The molecule has 0 saturated carbocycles. The first-order chi connectivity index (χ1) is 12.5. The summed E-state index contributed by atoms with van der Waals surface area (Å²) in [6.07, 6.45) is -0.449. The smallest absolute Gasteiger partial charge is 0.328 e. The number of nitrogens with one attached hydrogen (secondary N) is 1. The van der Waals surface area contributed by atoms with Crippen LogP contribution in [-0.2, 0) is 23.5 Å². The number of esters is 1. The van der Waals surface area contributed by atoms with Crippen LogP contribution in [0, 0.1) is 0 Å². The maximum Gasteiger partial charge on any atom is 0.328 e. The standard InChI is InChI=1S/C20H33NO5Si/c1-20(2,3)27(6,7)26-14-13-16(19(23)25-5)21-18(22)17(24-4)15-11-9-8-10-12-15/h8-12,16-17H,13-14H2,1-7H3,(H,21,22)/t16-,17-/m0/s1. The van der Waals surface area contributed by atoms with Gasteiger partial charge in [-0.2, -0.15) is 0 Å².